The maximum absolute atomic E-state index is 13.8. The molecular formula is C114H76N12O7S7. The van der Waals surface area contributed by atoms with Crippen molar-refractivity contribution in [1.82, 2.24) is 20.0 Å². The van der Waals surface area contributed by atoms with E-state index in [9.17, 15) is 36.9 Å². The summed E-state index contributed by atoms with van der Waals surface area (Å²) < 4.78 is 62.5. The van der Waals surface area contributed by atoms with Crippen LogP contribution in [-0.2, 0) is 29.3 Å². The highest BCUT2D eigenvalue weighted by Crippen LogP contribution is 2.50. The van der Waals surface area contributed by atoms with E-state index in [4.69, 9.17) is 42.0 Å². The average molecular weight is 1950 g/mol. The molecule has 2 aromatic heterocycles. The predicted molar refractivity (Wildman–Crippen MR) is 572 cm³/mol. The van der Waals surface area contributed by atoms with E-state index in [0.717, 1.165) is 111 Å². The number of sulfone groups is 2. The molecule has 2 fully saturated rings. The molecule has 140 heavy (non-hydrogen) atoms. The molecule has 0 saturated carbocycles. The molecule has 4 aliphatic rings. The van der Waals surface area contributed by atoms with Gasteiger partial charge >= 0.3 is 5.82 Å². The van der Waals surface area contributed by atoms with Gasteiger partial charge in [-0.3, -0.25) is 19.4 Å². The number of likely N-dealkylation sites (N-methyl/N-ethyl adjacent to an activating group) is 2. The number of fused-ring (bicyclic) bond motifs is 2. The van der Waals surface area contributed by atoms with E-state index in [1.807, 2.05) is 281 Å². The number of para-hydroxylation sites is 4. The van der Waals surface area contributed by atoms with E-state index in [1.54, 1.807) is 57.5 Å². The number of rotatable bonds is 22. The molecule has 14 aromatic carbocycles. The summed E-state index contributed by atoms with van der Waals surface area (Å²) in [6.45, 7) is 20.2. The number of hydrogen-bond donors (Lipinski definition) is 0. The lowest BCUT2D eigenvalue weighted by atomic mass is 9.99. The van der Waals surface area contributed by atoms with Gasteiger partial charge in [-0.15, -0.1) is 21.5 Å². The summed E-state index contributed by atoms with van der Waals surface area (Å²) in [5, 5.41) is 28.4. The monoisotopic (exact) mass is 1950 g/mol. The van der Waals surface area contributed by atoms with Gasteiger partial charge in [-0.05, 0) is 271 Å². The quantitative estimate of drug-likeness (QED) is 0.0267. The zero-order chi connectivity index (χ0) is 96.7. The fraction of sp³-hybridized carbons (Fsp3) is 0.0351. The average Bonchev–Trinajstić information content (AvgIpc) is 1.58. The summed E-state index contributed by atoms with van der Waals surface area (Å²) in [4.78, 5) is 47.6. The Morgan fingerprint density at radius 2 is 0.629 bits per heavy atom. The van der Waals surface area contributed by atoms with Crippen LogP contribution < -0.4 is 19.6 Å². The van der Waals surface area contributed by atoms with Gasteiger partial charge in [-0.2, -0.15) is 20.2 Å². The topological polar surface area (TPSA) is 217 Å². The van der Waals surface area contributed by atoms with Crippen LogP contribution >= 0.6 is 59.3 Å². The number of thioether (sulfide) groups is 2. The van der Waals surface area contributed by atoms with Crippen molar-refractivity contribution >= 4 is 203 Å². The van der Waals surface area contributed by atoms with Crippen LogP contribution in [0.2, 0.25) is 0 Å². The number of thiophene rings is 1. The second-order valence-electron chi connectivity index (χ2n) is 32.1. The predicted octanol–water partition coefficient (Wildman–Crippen LogP) is 28.8. The van der Waals surface area contributed by atoms with E-state index in [-0.39, 0.29) is 54.0 Å². The van der Waals surface area contributed by atoms with E-state index in [1.165, 1.54) is 47.8 Å². The lowest BCUT2D eigenvalue weighted by molar-refractivity contribution is -0.122. The Labute approximate surface area is 833 Å². The fourth-order valence-corrected chi connectivity index (χ4v) is 24.2. The minimum Gasteiger partial charge on any atom is -0.416 e. The maximum atomic E-state index is 13.8. The van der Waals surface area contributed by atoms with Gasteiger partial charge in [0, 0.05) is 113 Å². The molecule has 16 aromatic rings. The molecule has 0 unspecified atom stereocenters. The molecule has 2 saturated heterocycles. The Morgan fingerprint density at radius 1 is 0.364 bits per heavy atom. The lowest BCUT2D eigenvalue weighted by Gasteiger charge is -2.25. The van der Waals surface area contributed by atoms with Crippen molar-refractivity contribution in [2.75, 3.05) is 32.7 Å². The van der Waals surface area contributed by atoms with Crippen LogP contribution in [0.1, 0.15) is 47.2 Å². The van der Waals surface area contributed by atoms with Crippen LogP contribution in [0.3, 0.4) is 0 Å². The normalized spacial score (nSPS) is 14.9. The zero-order valence-electron chi connectivity index (χ0n) is 74.6. The zero-order valence-corrected chi connectivity index (χ0v) is 80.3. The second-order valence-corrected chi connectivity index (χ2v) is 40.3. The number of benzene rings is 14. The van der Waals surface area contributed by atoms with Gasteiger partial charge in [-0.1, -0.05) is 230 Å². The number of carbonyl (C=O) groups excluding carboxylic acids is 2. The highest BCUT2D eigenvalue weighted by atomic mass is 32.2. The van der Waals surface area contributed by atoms with Gasteiger partial charge in [-0.25, -0.2) is 16.8 Å². The van der Waals surface area contributed by atoms with Crippen molar-refractivity contribution in [2.45, 2.75) is 23.6 Å². The highest BCUT2D eigenvalue weighted by molar-refractivity contribution is 8.27. The van der Waals surface area contributed by atoms with Crippen LogP contribution in [0.15, 0.2) is 421 Å². The summed E-state index contributed by atoms with van der Waals surface area (Å²) in [5.41, 5.74) is 18.5. The maximum Gasteiger partial charge on any atom is 0.528 e. The molecule has 19 nitrogen and oxygen atoms in total. The van der Waals surface area contributed by atoms with E-state index in [0.29, 0.717) is 65.6 Å². The van der Waals surface area contributed by atoms with Crippen molar-refractivity contribution in [3.63, 3.8) is 0 Å². The summed E-state index contributed by atoms with van der Waals surface area (Å²) in [7, 11) is -7.96. The molecule has 0 radical (unpaired) electrons. The third kappa shape index (κ3) is 18.6. The number of amides is 2. The number of thiocarbonyl (C=S) groups is 2. The van der Waals surface area contributed by atoms with Crippen LogP contribution in [0.4, 0.5) is 68.2 Å². The number of anilines is 12. The Bertz CT molecular complexity index is 7690. The van der Waals surface area contributed by atoms with Gasteiger partial charge in [0.05, 0.1) is 35.0 Å². The molecule has 20 rings (SSSR count). The number of allylic oxidation sites excluding steroid dienone is 3. The minimum absolute atomic E-state index is 0.0536. The van der Waals surface area contributed by atoms with Crippen molar-refractivity contribution in [3.05, 3.63) is 463 Å². The molecule has 0 spiro atoms. The molecule has 6 heterocycles. The summed E-state index contributed by atoms with van der Waals surface area (Å²) in [6.07, 6.45) is 6.84. The summed E-state index contributed by atoms with van der Waals surface area (Å²) in [5.74, 6) is 0.418. The molecule has 0 aliphatic carbocycles. The molecular weight excluding hydrogens is 1870 g/mol. The first-order valence-electron chi connectivity index (χ1n) is 44.1. The van der Waals surface area contributed by atoms with Gasteiger partial charge in [0.1, 0.15) is 39.5 Å². The first kappa shape index (κ1) is 92.3. The highest BCUT2D eigenvalue weighted by Gasteiger charge is 2.42. The summed E-state index contributed by atoms with van der Waals surface area (Å²) >= 11 is 15.2. The van der Waals surface area contributed by atoms with Crippen molar-refractivity contribution in [3.8, 4) is 55.9 Å². The Hall–Kier alpha value is -16.8. The van der Waals surface area contributed by atoms with E-state index >= 15 is 0 Å². The molecule has 26 heteroatoms. The van der Waals surface area contributed by atoms with Gasteiger partial charge in [0.25, 0.3) is 11.8 Å². The van der Waals surface area contributed by atoms with Crippen molar-refractivity contribution in [2.24, 2.45) is 0 Å². The van der Waals surface area contributed by atoms with Gasteiger partial charge in [0.15, 0.2) is 0 Å². The first-order valence-corrected chi connectivity index (χ1v) is 50.4. The standard InChI is InChI=1S/C64H38N6O4S3.C50H38N6O3S4/c1-67-64(68-2)63-55-18-10-12-20-59(55)77(73,74)61(63)40-44-23-31-51(32-24-44)70(49-15-7-4-8-16-49)53-35-27-46(28-36-53)57-38-37-56(75-57)45-25-33-52(34-26-45)69(48-13-5-3-6-14-48)50-29-21-43(22-30-50)39-60-62(47(41-65)42-66)54-17-9-11-19-58(54)76(60,71)72;1-3-53-47(57)43(62-49(53)60)31-33-15-23-39(24-16-33)55(37-11-7-5-8-12-37)41-27-19-35(20-28-41)45-51-52-46(59-45)36-21-29-42(30-22-36)56(38-13-9-6-10-14-38)40-25-17-34(18-26-40)32-44-48(58)54(4-2)50(61)63-44/h3-40H;5-32H,3-4H2,1-2H3/b60-39-,61-40-;43-31-,44-32-. The van der Waals surface area contributed by atoms with Crippen LogP contribution in [0.25, 0.3) is 88.9 Å². The Morgan fingerprint density at radius 3 is 0.921 bits per heavy atom. The molecule has 2 amide bonds. The smallest absolute Gasteiger partial charge is 0.416 e. The van der Waals surface area contributed by atoms with E-state index < -0.39 is 19.7 Å². The molecule has 0 atom stereocenters. The first-order chi connectivity index (χ1) is 68.3. The van der Waals surface area contributed by atoms with Crippen molar-refractivity contribution in [1.29, 1.82) is 10.5 Å². The van der Waals surface area contributed by atoms with Crippen molar-refractivity contribution < 1.29 is 30.8 Å². The number of nitrogens with zero attached hydrogens (tertiary/aromatic N) is 12. The number of aromatic nitrogens is 2. The van der Waals surface area contributed by atoms with Gasteiger partial charge in [0.2, 0.25) is 31.5 Å². The Kier molecular flexibility index (Phi) is 26.6. The fourth-order valence-electron chi connectivity index (χ4n) is 16.9. The SMILES string of the molecule is CCN1C(=O)/C(=C/c2ccc(N(c3ccccc3)c3ccc(-c4nnc(-c5ccc(N(c6ccccc6)c6ccc(/C=C7\SC(=S)N(CC)C7=O)cc6)cc5)o4)cc3)cc2)SC1=S.[C-]#[N+]C([N+]#[C-])=C1/C(=C/c2ccc(N(c3ccccc3)c3ccc(-c4ccc(-c5ccc(N(c6ccccc6)c6ccc(/C=C7/C(=C(C#N)C#N)c8ccccc8S7(=O)=O)cc6)cc5)s4)cc3)cc2)S(=O)(=O)c2ccccc21. The molecule has 0 N–H and O–H groups in total. The lowest BCUT2D eigenvalue weighted by Crippen LogP contribution is -2.27. The third-order valence-electron chi connectivity index (χ3n) is 23.7. The van der Waals surface area contributed by atoms with Crippen LogP contribution in [0, 0.1) is 35.8 Å². The molecule has 676 valence electrons. The third-order valence-corrected chi connectivity index (χ3v) is 31.3. The largest absolute Gasteiger partial charge is 0.528 e. The second kappa shape index (κ2) is 40.3. The summed E-state index contributed by atoms with van der Waals surface area (Å²) in [6, 6.07) is 125. The van der Waals surface area contributed by atoms with Crippen LogP contribution in [-0.4, -0.2) is 70.4 Å². The number of nitriles is 2. The molecule has 4 aliphatic heterocycles. The molecule has 0 bridgehead atoms. The number of carbonyl (C=O) groups is 2. The van der Waals surface area contributed by atoms with Crippen LogP contribution in [0.5, 0.6) is 0 Å². The Balaban J connectivity index is 0.000000182. The number of hydrogen-bond acceptors (Lipinski definition) is 20. The van der Waals surface area contributed by atoms with Gasteiger partial charge < -0.3 is 24.0 Å². The minimum atomic E-state index is -3.99. The van der Waals surface area contributed by atoms with E-state index in [2.05, 4.69) is 124 Å².